The standard InChI is InChI=1S/C17H27NO2Si/c1-17(2,3)21(4,5)20-13-7-6-12-19-16-10-8-15(14-18)9-11-16/h8-11H,6-7,12-13H2,1-5H3. The molecule has 0 heterocycles. The SMILES string of the molecule is CC(C)(C)[Si](C)(C)OCCCCOc1ccc(C#N)cc1. The van der Waals surface area contributed by atoms with Gasteiger partial charge in [0.25, 0.3) is 0 Å². The van der Waals surface area contributed by atoms with Crippen LogP contribution in [0.1, 0.15) is 39.2 Å². The van der Waals surface area contributed by atoms with Crippen molar-refractivity contribution in [2.75, 3.05) is 13.2 Å². The maximum atomic E-state index is 8.72. The molecule has 0 amide bonds. The molecular formula is C17H27NO2Si. The molecule has 21 heavy (non-hydrogen) atoms. The monoisotopic (exact) mass is 305 g/mol. The molecule has 4 heteroatoms. The van der Waals surface area contributed by atoms with E-state index in [1.807, 2.05) is 12.1 Å². The van der Waals surface area contributed by atoms with E-state index in [4.69, 9.17) is 14.4 Å². The minimum absolute atomic E-state index is 0.270. The first-order valence-corrected chi connectivity index (χ1v) is 10.4. The second-order valence-electron chi connectivity index (χ2n) is 6.80. The molecule has 3 nitrogen and oxygen atoms in total. The molecule has 0 bridgehead atoms. The zero-order valence-electron chi connectivity index (χ0n) is 13.9. The van der Waals surface area contributed by atoms with Gasteiger partial charge < -0.3 is 9.16 Å². The molecule has 0 N–H and O–H groups in total. The van der Waals surface area contributed by atoms with E-state index in [0.717, 1.165) is 25.2 Å². The van der Waals surface area contributed by atoms with Crippen LogP contribution in [0.2, 0.25) is 18.1 Å². The van der Waals surface area contributed by atoms with E-state index in [1.165, 1.54) is 0 Å². The van der Waals surface area contributed by atoms with E-state index in [-0.39, 0.29) is 5.04 Å². The van der Waals surface area contributed by atoms with Crippen LogP contribution in [0.15, 0.2) is 24.3 Å². The Labute approximate surface area is 130 Å². The predicted octanol–water partition coefficient (Wildman–Crippen LogP) is 4.74. The summed E-state index contributed by atoms with van der Waals surface area (Å²) < 4.78 is 11.8. The third-order valence-corrected chi connectivity index (χ3v) is 8.60. The Kier molecular flexibility index (Phi) is 6.44. The molecule has 116 valence electrons. The van der Waals surface area contributed by atoms with E-state index in [2.05, 4.69) is 39.9 Å². The highest BCUT2D eigenvalue weighted by Gasteiger charge is 2.36. The smallest absolute Gasteiger partial charge is 0.191 e. The van der Waals surface area contributed by atoms with Gasteiger partial charge in [-0.3, -0.25) is 0 Å². The van der Waals surface area contributed by atoms with Gasteiger partial charge in [-0.1, -0.05) is 20.8 Å². The fourth-order valence-electron chi connectivity index (χ4n) is 1.56. The highest BCUT2D eigenvalue weighted by atomic mass is 28.4. The highest BCUT2D eigenvalue weighted by molar-refractivity contribution is 6.74. The third kappa shape index (κ3) is 5.90. The lowest BCUT2D eigenvalue weighted by Gasteiger charge is -2.36. The molecule has 1 aromatic carbocycles. The maximum Gasteiger partial charge on any atom is 0.191 e. The van der Waals surface area contributed by atoms with Gasteiger partial charge in [-0.25, -0.2) is 0 Å². The van der Waals surface area contributed by atoms with E-state index in [0.29, 0.717) is 12.2 Å². The first-order chi connectivity index (χ1) is 9.76. The van der Waals surface area contributed by atoms with Crippen molar-refractivity contribution < 1.29 is 9.16 Å². The third-order valence-electron chi connectivity index (χ3n) is 4.06. The van der Waals surface area contributed by atoms with Crippen LogP contribution in [0.25, 0.3) is 0 Å². The van der Waals surface area contributed by atoms with Crippen molar-refractivity contribution in [3.8, 4) is 11.8 Å². The Morgan fingerprint density at radius 3 is 2.14 bits per heavy atom. The first-order valence-electron chi connectivity index (χ1n) is 7.53. The molecule has 0 radical (unpaired) electrons. The van der Waals surface area contributed by atoms with Crippen LogP contribution in [0.4, 0.5) is 0 Å². The summed E-state index contributed by atoms with van der Waals surface area (Å²) in [5.74, 6) is 0.819. The van der Waals surface area contributed by atoms with Crippen molar-refractivity contribution in [3.05, 3.63) is 29.8 Å². The predicted molar refractivity (Wildman–Crippen MR) is 89.0 cm³/mol. The van der Waals surface area contributed by atoms with Gasteiger partial charge in [0, 0.05) is 6.61 Å². The summed E-state index contributed by atoms with van der Waals surface area (Å²) in [6.07, 6.45) is 2.00. The summed E-state index contributed by atoms with van der Waals surface area (Å²) >= 11 is 0. The topological polar surface area (TPSA) is 42.2 Å². The van der Waals surface area contributed by atoms with E-state index >= 15 is 0 Å². The van der Waals surface area contributed by atoms with Crippen LogP contribution < -0.4 is 4.74 Å². The van der Waals surface area contributed by atoms with Gasteiger partial charge in [0.15, 0.2) is 8.32 Å². The number of benzene rings is 1. The number of nitrogens with zero attached hydrogens (tertiary/aromatic N) is 1. The number of hydrogen-bond acceptors (Lipinski definition) is 3. The number of ether oxygens (including phenoxy) is 1. The lowest BCUT2D eigenvalue weighted by atomic mass is 10.2. The normalized spacial score (nSPS) is 12.0. The van der Waals surface area contributed by atoms with Gasteiger partial charge in [0.2, 0.25) is 0 Å². The van der Waals surface area contributed by atoms with Gasteiger partial charge >= 0.3 is 0 Å². The van der Waals surface area contributed by atoms with Crippen LogP contribution in [-0.4, -0.2) is 21.5 Å². The van der Waals surface area contributed by atoms with E-state index in [9.17, 15) is 0 Å². The summed E-state index contributed by atoms with van der Waals surface area (Å²) in [6.45, 7) is 12.8. The molecule has 0 unspecified atom stereocenters. The number of unbranched alkanes of at least 4 members (excludes halogenated alkanes) is 1. The zero-order chi connectivity index (χ0) is 15.9. The van der Waals surface area contributed by atoms with E-state index < -0.39 is 8.32 Å². The Morgan fingerprint density at radius 2 is 1.62 bits per heavy atom. The van der Waals surface area contributed by atoms with Crippen molar-refractivity contribution in [3.63, 3.8) is 0 Å². The van der Waals surface area contributed by atoms with Gasteiger partial charge in [-0.05, 0) is 55.2 Å². The molecule has 0 aliphatic heterocycles. The molecule has 1 rings (SSSR count). The fraction of sp³-hybridized carbons (Fsp3) is 0.588. The maximum absolute atomic E-state index is 8.72. The Bertz CT molecular complexity index is 469. The summed E-state index contributed by atoms with van der Waals surface area (Å²) in [7, 11) is -1.61. The summed E-state index contributed by atoms with van der Waals surface area (Å²) in [5, 5.41) is 8.99. The quantitative estimate of drug-likeness (QED) is 0.540. The lowest BCUT2D eigenvalue weighted by molar-refractivity contribution is 0.252. The van der Waals surface area contributed by atoms with Crippen molar-refractivity contribution in [1.29, 1.82) is 5.26 Å². The molecule has 0 spiro atoms. The Hall–Kier alpha value is -1.31. The molecular weight excluding hydrogens is 278 g/mol. The Morgan fingerprint density at radius 1 is 1.05 bits per heavy atom. The fourth-order valence-corrected chi connectivity index (χ4v) is 2.65. The molecule has 0 aromatic heterocycles. The molecule has 0 aliphatic rings. The van der Waals surface area contributed by atoms with Gasteiger partial charge in [0.1, 0.15) is 5.75 Å². The van der Waals surface area contributed by atoms with Crippen LogP contribution in [0, 0.1) is 11.3 Å². The second kappa shape index (κ2) is 7.63. The zero-order valence-corrected chi connectivity index (χ0v) is 14.9. The van der Waals surface area contributed by atoms with Crippen LogP contribution >= 0.6 is 0 Å². The van der Waals surface area contributed by atoms with Crippen LogP contribution in [0.5, 0.6) is 5.75 Å². The molecule has 0 fully saturated rings. The van der Waals surface area contributed by atoms with Crippen molar-refractivity contribution in [2.45, 2.75) is 51.7 Å². The van der Waals surface area contributed by atoms with Gasteiger partial charge in [-0.2, -0.15) is 5.26 Å². The van der Waals surface area contributed by atoms with Crippen LogP contribution in [0.3, 0.4) is 0 Å². The number of hydrogen-bond donors (Lipinski definition) is 0. The lowest BCUT2D eigenvalue weighted by Crippen LogP contribution is -2.41. The van der Waals surface area contributed by atoms with Gasteiger partial charge in [-0.15, -0.1) is 0 Å². The van der Waals surface area contributed by atoms with Crippen molar-refractivity contribution in [2.24, 2.45) is 0 Å². The summed E-state index contributed by atoms with van der Waals surface area (Å²) in [4.78, 5) is 0. The summed E-state index contributed by atoms with van der Waals surface area (Å²) in [6, 6.07) is 9.32. The van der Waals surface area contributed by atoms with Gasteiger partial charge in [0.05, 0.1) is 18.2 Å². The molecule has 0 atom stereocenters. The van der Waals surface area contributed by atoms with E-state index in [1.54, 1.807) is 12.1 Å². The molecule has 1 aromatic rings. The minimum atomic E-state index is -1.61. The number of rotatable bonds is 7. The van der Waals surface area contributed by atoms with Crippen LogP contribution in [-0.2, 0) is 4.43 Å². The highest BCUT2D eigenvalue weighted by Crippen LogP contribution is 2.36. The average molecular weight is 305 g/mol. The largest absolute Gasteiger partial charge is 0.494 e. The first kappa shape index (κ1) is 17.7. The number of nitriles is 1. The van der Waals surface area contributed by atoms with Crippen molar-refractivity contribution >= 4 is 8.32 Å². The second-order valence-corrected chi connectivity index (χ2v) is 11.6. The minimum Gasteiger partial charge on any atom is -0.494 e. The Balaban J connectivity index is 2.19. The average Bonchev–Trinajstić information content (AvgIpc) is 2.42. The molecule has 0 saturated heterocycles. The van der Waals surface area contributed by atoms with Crippen molar-refractivity contribution in [1.82, 2.24) is 0 Å². The summed E-state index contributed by atoms with van der Waals surface area (Å²) in [5.41, 5.74) is 0.658. The molecule has 0 saturated carbocycles. The molecule has 0 aliphatic carbocycles.